The molecule has 0 aliphatic carbocycles. The standard InChI is InChI=1S/C18H15ClN2O3/c1-2-24-18(23)13-5-3-4-6-15(13)21-17(22)16-10-11-9-12(19)7-8-14(11)20-16/h3-10,20H,2H2,1H3,(H,21,22). The molecule has 3 aromatic rings. The number of carbonyl (C=O) groups is 2. The molecule has 0 saturated carbocycles. The summed E-state index contributed by atoms with van der Waals surface area (Å²) in [6.45, 7) is 2.00. The van der Waals surface area contributed by atoms with E-state index < -0.39 is 5.97 Å². The Bertz CT molecular complexity index is 918. The maximum Gasteiger partial charge on any atom is 0.340 e. The Morgan fingerprint density at radius 1 is 1.17 bits per heavy atom. The van der Waals surface area contributed by atoms with Gasteiger partial charge in [0, 0.05) is 15.9 Å². The van der Waals surface area contributed by atoms with Gasteiger partial charge in [0.15, 0.2) is 0 Å². The number of para-hydroxylation sites is 1. The average Bonchev–Trinajstić information content (AvgIpc) is 2.98. The smallest absolute Gasteiger partial charge is 0.340 e. The number of hydrogen-bond donors (Lipinski definition) is 2. The van der Waals surface area contributed by atoms with Crippen LogP contribution < -0.4 is 5.32 Å². The lowest BCUT2D eigenvalue weighted by molar-refractivity contribution is 0.0527. The molecule has 0 aliphatic rings. The molecular formula is C18H15ClN2O3. The van der Waals surface area contributed by atoms with Crippen LogP contribution in [-0.4, -0.2) is 23.5 Å². The van der Waals surface area contributed by atoms with Crippen molar-refractivity contribution in [3.05, 3.63) is 64.8 Å². The fourth-order valence-corrected chi connectivity index (χ4v) is 2.57. The molecule has 0 saturated heterocycles. The van der Waals surface area contributed by atoms with Crippen LogP contribution in [0.3, 0.4) is 0 Å². The number of benzene rings is 2. The Labute approximate surface area is 143 Å². The highest BCUT2D eigenvalue weighted by molar-refractivity contribution is 6.31. The molecule has 6 heteroatoms. The molecule has 0 aliphatic heterocycles. The third-order valence-electron chi connectivity index (χ3n) is 3.50. The number of amides is 1. The summed E-state index contributed by atoms with van der Waals surface area (Å²) < 4.78 is 5.00. The van der Waals surface area contributed by atoms with Crippen molar-refractivity contribution in [2.75, 3.05) is 11.9 Å². The molecule has 5 nitrogen and oxygen atoms in total. The van der Waals surface area contributed by atoms with E-state index in [-0.39, 0.29) is 12.5 Å². The topological polar surface area (TPSA) is 71.2 Å². The van der Waals surface area contributed by atoms with Gasteiger partial charge >= 0.3 is 5.97 Å². The molecule has 1 aromatic heterocycles. The molecular weight excluding hydrogens is 328 g/mol. The van der Waals surface area contributed by atoms with Crippen LogP contribution >= 0.6 is 11.6 Å². The fraction of sp³-hybridized carbons (Fsp3) is 0.111. The Morgan fingerprint density at radius 3 is 2.75 bits per heavy atom. The molecule has 0 fully saturated rings. The fourth-order valence-electron chi connectivity index (χ4n) is 2.39. The van der Waals surface area contributed by atoms with Crippen molar-refractivity contribution in [1.29, 1.82) is 0 Å². The molecule has 0 atom stereocenters. The van der Waals surface area contributed by atoms with Gasteiger partial charge in [0.2, 0.25) is 0 Å². The second-order valence-corrected chi connectivity index (χ2v) is 5.57. The van der Waals surface area contributed by atoms with Crippen molar-refractivity contribution in [1.82, 2.24) is 4.98 Å². The largest absolute Gasteiger partial charge is 0.462 e. The zero-order valence-corrected chi connectivity index (χ0v) is 13.7. The monoisotopic (exact) mass is 342 g/mol. The summed E-state index contributed by atoms with van der Waals surface area (Å²) >= 11 is 5.96. The number of hydrogen-bond acceptors (Lipinski definition) is 3. The summed E-state index contributed by atoms with van der Waals surface area (Å²) in [6.07, 6.45) is 0. The highest BCUT2D eigenvalue weighted by atomic mass is 35.5. The van der Waals surface area contributed by atoms with E-state index in [1.54, 1.807) is 55.5 Å². The summed E-state index contributed by atoms with van der Waals surface area (Å²) in [4.78, 5) is 27.5. The molecule has 0 spiro atoms. The molecule has 1 amide bonds. The van der Waals surface area contributed by atoms with E-state index >= 15 is 0 Å². The number of aromatic nitrogens is 1. The Morgan fingerprint density at radius 2 is 1.96 bits per heavy atom. The molecule has 0 bridgehead atoms. The molecule has 24 heavy (non-hydrogen) atoms. The van der Waals surface area contributed by atoms with Gasteiger partial charge in [0.1, 0.15) is 5.69 Å². The number of H-pyrrole nitrogens is 1. The van der Waals surface area contributed by atoms with Gasteiger partial charge in [-0.15, -0.1) is 0 Å². The lowest BCUT2D eigenvalue weighted by atomic mass is 10.1. The third-order valence-corrected chi connectivity index (χ3v) is 3.73. The van der Waals surface area contributed by atoms with E-state index in [4.69, 9.17) is 16.3 Å². The first-order valence-corrected chi connectivity index (χ1v) is 7.82. The van der Waals surface area contributed by atoms with Crippen molar-refractivity contribution in [2.45, 2.75) is 6.92 Å². The van der Waals surface area contributed by atoms with E-state index in [1.165, 1.54) is 0 Å². The number of carbonyl (C=O) groups excluding carboxylic acids is 2. The highest BCUT2D eigenvalue weighted by Crippen LogP contribution is 2.22. The SMILES string of the molecule is CCOC(=O)c1ccccc1NC(=O)c1cc2cc(Cl)ccc2[nH]1. The number of esters is 1. The van der Waals surface area contributed by atoms with Crippen molar-refractivity contribution in [3.8, 4) is 0 Å². The minimum atomic E-state index is -0.475. The van der Waals surface area contributed by atoms with Gasteiger partial charge in [-0.05, 0) is 43.3 Å². The van der Waals surface area contributed by atoms with Gasteiger partial charge in [-0.3, -0.25) is 4.79 Å². The van der Waals surface area contributed by atoms with Crippen LogP contribution in [0.4, 0.5) is 5.69 Å². The van der Waals surface area contributed by atoms with Gasteiger partial charge in [-0.2, -0.15) is 0 Å². The molecule has 2 aromatic carbocycles. The van der Waals surface area contributed by atoms with E-state index in [0.29, 0.717) is 22.0 Å². The molecule has 0 unspecified atom stereocenters. The number of fused-ring (bicyclic) bond motifs is 1. The summed E-state index contributed by atoms with van der Waals surface area (Å²) in [5, 5.41) is 4.18. The van der Waals surface area contributed by atoms with Crippen LogP contribution in [0, 0.1) is 0 Å². The van der Waals surface area contributed by atoms with Gasteiger partial charge in [-0.1, -0.05) is 23.7 Å². The van der Waals surface area contributed by atoms with E-state index in [9.17, 15) is 9.59 Å². The number of rotatable bonds is 4. The van der Waals surface area contributed by atoms with Gasteiger partial charge < -0.3 is 15.0 Å². The van der Waals surface area contributed by atoms with Crippen LogP contribution in [-0.2, 0) is 4.74 Å². The first-order chi connectivity index (χ1) is 11.6. The van der Waals surface area contributed by atoms with E-state index in [2.05, 4.69) is 10.3 Å². The lowest BCUT2D eigenvalue weighted by Gasteiger charge is -2.09. The van der Waals surface area contributed by atoms with Gasteiger partial charge in [0.25, 0.3) is 5.91 Å². The van der Waals surface area contributed by atoms with Gasteiger partial charge in [-0.25, -0.2) is 4.79 Å². The summed E-state index contributed by atoms with van der Waals surface area (Å²) in [5.74, 6) is -0.823. The van der Waals surface area contributed by atoms with Crippen molar-refractivity contribution >= 4 is 40.1 Å². The quantitative estimate of drug-likeness (QED) is 0.696. The van der Waals surface area contributed by atoms with Crippen LogP contribution in [0.15, 0.2) is 48.5 Å². The normalized spacial score (nSPS) is 10.6. The number of halogens is 1. The number of ether oxygens (including phenoxy) is 1. The average molecular weight is 343 g/mol. The lowest BCUT2D eigenvalue weighted by Crippen LogP contribution is -2.16. The summed E-state index contributed by atoms with van der Waals surface area (Å²) in [6, 6.07) is 13.8. The maximum atomic E-state index is 12.5. The molecule has 122 valence electrons. The van der Waals surface area contributed by atoms with Crippen LogP contribution in [0.1, 0.15) is 27.8 Å². The predicted octanol–water partition coefficient (Wildman–Crippen LogP) is 4.25. The molecule has 0 radical (unpaired) electrons. The maximum absolute atomic E-state index is 12.5. The zero-order chi connectivity index (χ0) is 17.1. The number of nitrogens with one attached hydrogen (secondary N) is 2. The minimum absolute atomic E-state index is 0.268. The predicted molar refractivity (Wildman–Crippen MR) is 93.7 cm³/mol. The van der Waals surface area contributed by atoms with Gasteiger partial charge in [0.05, 0.1) is 17.9 Å². The van der Waals surface area contributed by atoms with Crippen LogP contribution in [0.5, 0.6) is 0 Å². The molecule has 1 heterocycles. The number of anilines is 1. The van der Waals surface area contributed by atoms with Crippen molar-refractivity contribution < 1.29 is 14.3 Å². The summed E-state index contributed by atoms with van der Waals surface area (Å²) in [7, 11) is 0. The Balaban J connectivity index is 1.87. The minimum Gasteiger partial charge on any atom is -0.462 e. The van der Waals surface area contributed by atoms with Crippen LogP contribution in [0.25, 0.3) is 10.9 Å². The van der Waals surface area contributed by atoms with Crippen molar-refractivity contribution in [3.63, 3.8) is 0 Å². The first kappa shape index (κ1) is 16.1. The second-order valence-electron chi connectivity index (χ2n) is 5.13. The van der Waals surface area contributed by atoms with E-state index in [0.717, 1.165) is 10.9 Å². The van der Waals surface area contributed by atoms with Crippen LogP contribution in [0.2, 0.25) is 5.02 Å². The second kappa shape index (κ2) is 6.76. The van der Waals surface area contributed by atoms with E-state index in [1.807, 2.05) is 0 Å². The van der Waals surface area contributed by atoms with Crippen molar-refractivity contribution in [2.24, 2.45) is 0 Å². The highest BCUT2D eigenvalue weighted by Gasteiger charge is 2.16. The summed E-state index contributed by atoms with van der Waals surface area (Å²) in [5.41, 5.74) is 1.90. The first-order valence-electron chi connectivity index (χ1n) is 7.44. The molecule has 3 rings (SSSR count). The Hall–Kier alpha value is -2.79. The number of aromatic amines is 1. The Kier molecular flexibility index (Phi) is 4.53. The zero-order valence-electron chi connectivity index (χ0n) is 12.9. The molecule has 2 N–H and O–H groups in total. The third kappa shape index (κ3) is 3.26.